The second-order valence-corrected chi connectivity index (χ2v) is 7.83. The van der Waals surface area contributed by atoms with Gasteiger partial charge in [0.1, 0.15) is 5.82 Å². The lowest BCUT2D eigenvalue weighted by molar-refractivity contribution is 0.0836. The standard InChI is InChI=1S/C21H20ClF3N4O3/c1-21(2,32-17-15(24)9-12(22)10-16(17)25)20-28-27-18(29(20)3)13-5-4-11(8-14(13)23)19(31)26-6-7-30/h4-5,8-10,30H,6-7H2,1-3H3,(H,26,31). The molecule has 0 radical (unpaired) electrons. The Morgan fingerprint density at radius 1 is 1.16 bits per heavy atom. The van der Waals surface area contributed by atoms with Crippen LogP contribution >= 0.6 is 11.6 Å². The van der Waals surface area contributed by atoms with Crippen LogP contribution in [0.25, 0.3) is 11.4 Å². The predicted molar refractivity (Wildman–Crippen MR) is 111 cm³/mol. The zero-order valence-corrected chi connectivity index (χ0v) is 18.2. The lowest BCUT2D eigenvalue weighted by Crippen LogP contribution is -2.30. The van der Waals surface area contributed by atoms with E-state index in [1.165, 1.54) is 30.5 Å². The number of aliphatic hydroxyl groups is 1. The molecule has 2 N–H and O–H groups in total. The molecular weight excluding hydrogens is 449 g/mol. The molecule has 0 saturated carbocycles. The topological polar surface area (TPSA) is 89.3 Å². The summed E-state index contributed by atoms with van der Waals surface area (Å²) in [4.78, 5) is 11.9. The first-order chi connectivity index (χ1) is 15.0. The van der Waals surface area contributed by atoms with Crippen molar-refractivity contribution < 1.29 is 27.8 Å². The molecule has 0 unspecified atom stereocenters. The Morgan fingerprint density at radius 3 is 2.41 bits per heavy atom. The Kier molecular flexibility index (Phi) is 6.75. The van der Waals surface area contributed by atoms with E-state index in [4.69, 9.17) is 21.4 Å². The maximum absolute atomic E-state index is 14.7. The van der Waals surface area contributed by atoms with Gasteiger partial charge in [0.25, 0.3) is 5.91 Å². The van der Waals surface area contributed by atoms with Gasteiger partial charge in [0.2, 0.25) is 0 Å². The van der Waals surface area contributed by atoms with Crippen molar-refractivity contribution in [1.82, 2.24) is 20.1 Å². The lowest BCUT2D eigenvalue weighted by Gasteiger charge is -2.26. The van der Waals surface area contributed by atoms with Crippen molar-refractivity contribution in [2.75, 3.05) is 13.2 Å². The SMILES string of the molecule is Cn1c(-c2ccc(C(=O)NCCO)cc2F)nnc1C(C)(C)Oc1c(F)cc(Cl)cc1F. The smallest absolute Gasteiger partial charge is 0.251 e. The van der Waals surface area contributed by atoms with Crippen LogP contribution in [0.3, 0.4) is 0 Å². The lowest BCUT2D eigenvalue weighted by atomic mass is 10.1. The number of aliphatic hydroxyl groups excluding tert-OH is 1. The molecule has 0 aliphatic heterocycles. The van der Waals surface area contributed by atoms with E-state index in [1.807, 2.05) is 0 Å². The molecule has 7 nitrogen and oxygen atoms in total. The number of ether oxygens (including phenoxy) is 1. The van der Waals surface area contributed by atoms with Gasteiger partial charge in [0, 0.05) is 24.2 Å². The fourth-order valence-electron chi connectivity index (χ4n) is 3.12. The summed E-state index contributed by atoms with van der Waals surface area (Å²) in [7, 11) is 1.55. The van der Waals surface area contributed by atoms with Gasteiger partial charge in [-0.2, -0.15) is 0 Å². The first kappa shape index (κ1) is 23.6. The number of hydrogen-bond donors (Lipinski definition) is 2. The molecule has 1 heterocycles. The van der Waals surface area contributed by atoms with Crippen LogP contribution < -0.4 is 10.1 Å². The summed E-state index contributed by atoms with van der Waals surface area (Å²) in [5.74, 6) is -3.56. The van der Waals surface area contributed by atoms with Gasteiger partial charge in [-0.1, -0.05) is 11.6 Å². The van der Waals surface area contributed by atoms with Gasteiger partial charge in [-0.25, -0.2) is 13.2 Å². The highest BCUT2D eigenvalue weighted by molar-refractivity contribution is 6.30. The van der Waals surface area contributed by atoms with Gasteiger partial charge < -0.3 is 19.7 Å². The highest BCUT2D eigenvalue weighted by Gasteiger charge is 2.32. The quantitative estimate of drug-likeness (QED) is 0.553. The van der Waals surface area contributed by atoms with Gasteiger partial charge in [0.15, 0.2) is 34.6 Å². The third-order valence-corrected chi connectivity index (χ3v) is 4.82. The summed E-state index contributed by atoms with van der Waals surface area (Å²) in [5, 5.41) is 19.1. The van der Waals surface area contributed by atoms with Crippen LogP contribution in [0.2, 0.25) is 5.02 Å². The largest absolute Gasteiger partial charge is 0.474 e. The summed E-state index contributed by atoms with van der Waals surface area (Å²) in [6.45, 7) is 2.85. The first-order valence-corrected chi connectivity index (χ1v) is 9.85. The maximum atomic E-state index is 14.7. The van der Waals surface area contributed by atoms with Crippen LogP contribution in [0, 0.1) is 17.5 Å². The summed E-state index contributed by atoms with van der Waals surface area (Å²) >= 11 is 5.64. The Bertz CT molecular complexity index is 1140. The van der Waals surface area contributed by atoms with Crippen molar-refractivity contribution in [3.63, 3.8) is 0 Å². The second-order valence-electron chi connectivity index (χ2n) is 7.39. The normalized spacial score (nSPS) is 11.5. The maximum Gasteiger partial charge on any atom is 0.251 e. The summed E-state index contributed by atoms with van der Waals surface area (Å²) < 4.78 is 50.1. The number of rotatable bonds is 7. The molecule has 0 aliphatic carbocycles. The molecule has 32 heavy (non-hydrogen) atoms. The highest BCUT2D eigenvalue weighted by atomic mass is 35.5. The van der Waals surface area contributed by atoms with E-state index in [0.29, 0.717) is 0 Å². The van der Waals surface area contributed by atoms with E-state index in [2.05, 4.69) is 15.5 Å². The minimum Gasteiger partial charge on any atom is -0.474 e. The van der Waals surface area contributed by atoms with Gasteiger partial charge in [-0.15, -0.1) is 10.2 Å². The predicted octanol–water partition coefficient (Wildman–Crippen LogP) is 3.59. The molecule has 0 saturated heterocycles. The van der Waals surface area contributed by atoms with Crippen molar-refractivity contribution in [2.45, 2.75) is 19.4 Å². The fourth-order valence-corrected chi connectivity index (χ4v) is 3.32. The molecular formula is C21H20ClF3N4O3. The van der Waals surface area contributed by atoms with Crippen molar-refractivity contribution in [1.29, 1.82) is 0 Å². The van der Waals surface area contributed by atoms with Crippen LogP contribution in [-0.2, 0) is 12.6 Å². The molecule has 1 amide bonds. The number of nitrogens with one attached hydrogen (secondary N) is 1. The molecule has 2 aromatic carbocycles. The van der Waals surface area contributed by atoms with Gasteiger partial charge in [0.05, 0.1) is 12.2 Å². The van der Waals surface area contributed by atoms with Gasteiger partial charge >= 0.3 is 0 Å². The molecule has 0 bridgehead atoms. The number of aromatic nitrogens is 3. The molecule has 1 aromatic heterocycles. The Balaban J connectivity index is 1.92. The Hall–Kier alpha value is -3.11. The molecule has 0 fully saturated rings. The van der Waals surface area contributed by atoms with Crippen LogP contribution in [0.1, 0.15) is 30.0 Å². The minimum absolute atomic E-state index is 0.0404. The average Bonchev–Trinajstić information content (AvgIpc) is 3.11. The molecule has 11 heteroatoms. The van der Waals surface area contributed by atoms with E-state index in [0.717, 1.165) is 18.2 Å². The van der Waals surface area contributed by atoms with Crippen LogP contribution in [0.4, 0.5) is 13.2 Å². The second kappa shape index (κ2) is 9.17. The Morgan fingerprint density at radius 2 is 1.81 bits per heavy atom. The number of hydrogen-bond acceptors (Lipinski definition) is 5. The molecule has 0 atom stereocenters. The van der Waals surface area contributed by atoms with E-state index in [-0.39, 0.29) is 40.9 Å². The van der Waals surface area contributed by atoms with Crippen LogP contribution in [0.5, 0.6) is 5.75 Å². The van der Waals surface area contributed by atoms with E-state index in [1.54, 1.807) is 7.05 Å². The minimum atomic E-state index is -1.35. The number of amides is 1. The third-order valence-electron chi connectivity index (χ3n) is 4.60. The van der Waals surface area contributed by atoms with Crippen LogP contribution in [-0.4, -0.2) is 38.9 Å². The van der Waals surface area contributed by atoms with Crippen molar-refractivity contribution in [3.05, 3.63) is 64.2 Å². The summed E-state index contributed by atoms with van der Waals surface area (Å²) in [6, 6.07) is 5.65. The summed E-state index contributed by atoms with van der Waals surface area (Å²) in [5.41, 5.74) is -1.22. The van der Waals surface area contributed by atoms with E-state index >= 15 is 0 Å². The number of nitrogens with zero attached hydrogens (tertiary/aromatic N) is 3. The monoisotopic (exact) mass is 468 g/mol. The zero-order chi connectivity index (χ0) is 23.6. The third kappa shape index (κ3) is 4.71. The van der Waals surface area contributed by atoms with Crippen molar-refractivity contribution in [3.8, 4) is 17.1 Å². The molecule has 170 valence electrons. The van der Waals surface area contributed by atoms with Crippen LogP contribution in [0.15, 0.2) is 30.3 Å². The van der Waals surface area contributed by atoms with E-state index < -0.39 is 34.7 Å². The molecule has 0 spiro atoms. The summed E-state index contributed by atoms with van der Waals surface area (Å²) in [6.07, 6.45) is 0. The average molecular weight is 469 g/mol. The molecule has 3 aromatic rings. The molecule has 0 aliphatic rings. The fraction of sp³-hybridized carbons (Fsp3) is 0.286. The van der Waals surface area contributed by atoms with Gasteiger partial charge in [-0.05, 0) is 44.2 Å². The van der Waals surface area contributed by atoms with Crippen molar-refractivity contribution in [2.24, 2.45) is 7.05 Å². The Labute approximate surface area is 186 Å². The number of halogens is 4. The van der Waals surface area contributed by atoms with E-state index in [9.17, 15) is 18.0 Å². The number of benzene rings is 2. The van der Waals surface area contributed by atoms with Crippen molar-refractivity contribution >= 4 is 17.5 Å². The number of carbonyl (C=O) groups is 1. The zero-order valence-electron chi connectivity index (χ0n) is 17.4. The highest BCUT2D eigenvalue weighted by Crippen LogP contribution is 2.33. The van der Waals surface area contributed by atoms with Gasteiger partial charge in [-0.3, -0.25) is 4.79 Å². The first-order valence-electron chi connectivity index (χ1n) is 9.47. The number of carbonyl (C=O) groups excluding carboxylic acids is 1. The molecule has 3 rings (SSSR count).